The van der Waals surface area contributed by atoms with Gasteiger partial charge in [0.15, 0.2) is 0 Å². The molecule has 0 radical (unpaired) electrons. The minimum Gasteiger partial charge on any atom is -0.331 e. The van der Waals surface area contributed by atoms with E-state index in [1.807, 2.05) is 6.07 Å². The van der Waals surface area contributed by atoms with Gasteiger partial charge in [-0.1, -0.05) is 28.6 Å². The third-order valence-corrected chi connectivity index (χ3v) is 2.87. The first-order valence-corrected chi connectivity index (χ1v) is 5.18. The third kappa shape index (κ3) is 1.60. The first kappa shape index (κ1) is 9.46. The molecule has 0 spiro atoms. The summed E-state index contributed by atoms with van der Waals surface area (Å²) in [7, 11) is 0. The Bertz CT molecular complexity index is 400. The van der Waals surface area contributed by atoms with Crippen LogP contribution in [-0.4, -0.2) is 10.8 Å². The number of benzene rings is 1. The predicted octanol–water partition coefficient (Wildman–Crippen LogP) is 2.48. The standard InChI is InChI=1S/C11H10BrNO/c1-2-11(14)13-6-8-3-4-10(12)5-9(8)7-13/h2-5H,1,6-7H2. The molecule has 1 aliphatic rings. The van der Waals surface area contributed by atoms with E-state index in [0.29, 0.717) is 13.1 Å². The molecule has 0 fully saturated rings. The smallest absolute Gasteiger partial charge is 0.246 e. The summed E-state index contributed by atoms with van der Waals surface area (Å²) in [6, 6.07) is 6.11. The van der Waals surface area contributed by atoms with E-state index in [-0.39, 0.29) is 5.91 Å². The minimum absolute atomic E-state index is 0.00248. The molecule has 0 bridgehead atoms. The second kappa shape index (κ2) is 3.58. The molecule has 0 unspecified atom stereocenters. The lowest BCUT2D eigenvalue weighted by Gasteiger charge is -2.11. The maximum absolute atomic E-state index is 11.4. The van der Waals surface area contributed by atoms with Crippen molar-refractivity contribution in [2.75, 3.05) is 0 Å². The van der Waals surface area contributed by atoms with Crippen LogP contribution in [0.15, 0.2) is 35.3 Å². The van der Waals surface area contributed by atoms with E-state index in [2.05, 4.69) is 34.6 Å². The fourth-order valence-electron chi connectivity index (χ4n) is 1.65. The number of halogens is 1. The van der Waals surface area contributed by atoms with Crippen LogP contribution in [0.2, 0.25) is 0 Å². The summed E-state index contributed by atoms with van der Waals surface area (Å²) in [5, 5.41) is 0. The zero-order valence-corrected chi connectivity index (χ0v) is 9.25. The Morgan fingerprint density at radius 3 is 2.86 bits per heavy atom. The molecule has 0 N–H and O–H groups in total. The van der Waals surface area contributed by atoms with Crippen molar-refractivity contribution in [2.24, 2.45) is 0 Å². The van der Waals surface area contributed by atoms with Crippen molar-refractivity contribution in [1.29, 1.82) is 0 Å². The van der Waals surface area contributed by atoms with Crippen LogP contribution in [0, 0.1) is 0 Å². The van der Waals surface area contributed by atoms with Crippen molar-refractivity contribution in [3.8, 4) is 0 Å². The Kier molecular flexibility index (Phi) is 2.42. The Labute approximate surface area is 91.3 Å². The monoisotopic (exact) mass is 251 g/mol. The molecule has 14 heavy (non-hydrogen) atoms. The largest absolute Gasteiger partial charge is 0.331 e. The fraction of sp³-hybridized carbons (Fsp3) is 0.182. The molecule has 0 aromatic heterocycles. The summed E-state index contributed by atoms with van der Waals surface area (Å²) >= 11 is 3.42. The van der Waals surface area contributed by atoms with Gasteiger partial charge in [0, 0.05) is 17.6 Å². The molecular weight excluding hydrogens is 242 g/mol. The number of hydrogen-bond acceptors (Lipinski definition) is 1. The highest BCUT2D eigenvalue weighted by atomic mass is 79.9. The molecule has 1 aromatic rings. The van der Waals surface area contributed by atoms with Crippen molar-refractivity contribution < 1.29 is 4.79 Å². The van der Waals surface area contributed by atoms with Gasteiger partial charge in [0.25, 0.3) is 0 Å². The third-order valence-electron chi connectivity index (χ3n) is 2.38. The number of nitrogens with zero attached hydrogens (tertiary/aromatic N) is 1. The second-order valence-electron chi connectivity index (χ2n) is 3.31. The van der Waals surface area contributed by atoms with Crippen molar-refractivity contribution in [1.82, 2.24) is 4.90 Å². The fourth-order valence-corrected chi connectivity index (χ4v) is 2.06. The van der Waals surface area contributed by atoms with Gasteiger partial charge in [-0.3, -0.25) is 4.79 Å². The van der Waals surface area contributed by atoms with Crippen molar-refractivity contribution >= 4 is 21.8 Å². The molecule has 1 amide bonds. The zero-order valence-electron chi connectivity index (χ0n) is 7.66. The van der Waals surface area contributed by atoms with Crippen LogP contribution in [0.5, 0.6) is 0 Å². The average Bonchev–Trinajstić information content (AvgIpc) is 2.59. The molecule has 2 rings (SSSR count). The number of fused-ring (bicyclic) bond motifs is 1. The van der Waals surface area contributed by atoms with Crippen LogP contribution in [0.1, 0.15) is 11.1 Å². The quantitative estimate of drug-likeness (QED) is 0.703. The summed E-state index contributed by atoms with van der Waals surface area (Å²) in [4.78, 5) is 13.1. The second-order valence-corrected chi connectivity index (χ2v) is 4.23. The highest BCUT2D eigenvalue weighted by Crippen LogP contribution is 2.25. The van der Waals surface area contributed by atoms with E-state index >= 15 is 0 Å². The van der Waals surface area contributed by atoms with Crippen LogP contribution in [0.25, 0.3) is 0 Å². The van der Waals surface area contributed by atoms with Crippen LogP contribution in [0.3, 0.4) is 0 Å². The normalized spacial score (nSPS) is 13.9. The van der Waals surface area contributed by atoms with Gasteiger partial charge in [-0.25, -0.2) is 0 Å². The Morgan fingerprint density at radius 2 is 2.14 bits per heavy atom. The van der Waals surface area contributed by atoms with Gasteiger partial charge in [0.05, 0.1) is 0 Å². The molecular formula is C11H10BrNO. The Balaban J connectivity index is 2.26. The predicted molar refractivity (Wildman–Crippen MR) is 58.6 cm³/mol. The number of hydrogen-bond donors (Lipinski definition) is 0. The van der Waals surface area contributed by atoms with E-state index in [0.717, 1.165) is 4.47 Å². The van der Waals surface area contributed by atoms with Crippen LogP contribution in [0.4, 0.5) is 0 Å². The Morgan fingerprint density at radius 1 is 1.43 bits per heavy atom. The molecule has 1 heterocycles. The molecule has 1 aromatic carbocycles. The molecule has 0 atom stereocenters. The Hall–Kier alpha value is -1.09. The van der Waals surface area contributed by atoms with Gasteiger partial charge in [0.2, 0.25) is 5.91 Å². The van der Waals surface area contributed by atoms with Crippen molar-refractivity contribution in [2.45, 2.75) is 13.1 Å². The zero-order chi connectivity index (χ0) is 10.1. The first-order valence-electron chi connectivity index (χ1n) is 4.39. The van der Waals surface area contributed by atoms with Gasteiger partial charge in [-0.05, 0) is 29.3 Å². The highest BCUT2D eigenvalue weighted by Gasteiger charge is 2.21. The van der Waals surface area contributed by atoms with E-state index < -0.39 is 0 Å². The van der Waals surface area contributed by atoms with E-state index in [1.165, 1.54) is 17.2 Å². The molecule has 72 valence electrons. The summed E-state index contributed by atoms with van der Waals surface area (Å²) in [5.41, 5.74) is 2.44. The van der Waals surface area contributed by atoms with Crippen molar-refractivity contribution in [3.63, 3.8) is 0 Å². The summed E-state index contributed by atoms with van der Waals surface area (Å²) in [6.07, 6.45) is 1.36. The van der Waals surface area contributed by atoms with Crippen molar-refractivity contribution in [3.05, 3.63) is 46.5 Å². The van der Waals surface area contributed by atoms with Crippen LogP contribution in [-0.2, 0) is 17.9 Å². The minimum atomic E-state index is -0.00248. The first-order chi connectivity index (χ1) is 6.70. The highest BCUT2D eigenvalue weighted by molar-refractivity contribution is 9.10. The lowest BCUT2D eigenvalue weighted by Crippen LogP contribution is -2.22. The summed E-state index contributed by atoms with van der Waals surface area (Å²) in [5.74, 6) is -0.00248. The van der Waals surface area contributed by atoms with Crippen LogP contribution < -0.4 is 0 Å². The molecule has 1 aliphatic heterocycles. The summed E-state index contributed by atoms with van der Waals surface area (Å²) in [6.45, 7) is 4.88. The summed E-state index contributed by atoms with van der Waals surface area (Å²) < 4.78 is 1.06. The number of carbonyl (C=O) groups excluding carboxylic acids is 1. The van der Waals surface area contributed by atoms with Gasteiger partial charge >= 0.3 is 0 Å². The number of rotatable bonds is 1. The topological polar surface area (TPSA) is 20.3 Å². The number of carbonyl (C=O) groups is 1. The lowest BCUT2D eigenvalue weighted by atomic mass is 10.1. The molecule has 0 saturated heterocycles. The number of amides is 1. The average molecular weight is 252 g/mol. The SMILES string of the molecule is C=CC(=O)N1Cc2ccc(Br)cc2C1. The van der Waals surface area contributed by atoms with E-state index in [1.54, 1.807) is 4.90 Å². The molecule has 0 aliphatic carbocycles. The van der Waals surface area contributed by atoms with Gasteiger partial charge in [0.1, 0.15) is 0 Å². The van der Waals surface area contributed by atoms with Crippen LogP contribution >= 0.6 is 15.9 Å². The van der Waals surface area contributed by atoms with Gasteiger partial charge < -0.3 is 4.90 Å². The molecule has 2 nitrogen and oxygen atoms in total. The van der Waals surface area contributed by atoms with Gasteiger partial charge in [-0.15, -0.1) is 0 Å². The molecule has 0 saturated carbocycles. The molecule has 3 heteroatoms. The van der Waals surface area contributed by atoms with E-state index in [4.69, 9.17) is 0 Å². The van der Waals surface area contributed by atoms with E-state index in [9.17, 15) is 4.79 Å². The lowest BCUT2D eigenvalue weighted by molar-refractivity contribution is -0.126. The van der Waals surface area contributed by atoms with Gasteiger partial charge in [-0.2, -0.15) is 0 Å². The maximum Gasteiger partial charge on any atom is 0.246 e. The maximum atomic E-state index is 11.4.